The smallest absolute Gasteiger partial charge is 0.324 e. The van der Waals surface area contributed by atoms with Crippen molar-refractivity contribution in [3.63, 3.8) is 0 Å². The van der Waals surface area contributed by atoms with Crippen LogP contribution in [-0.4, -0.2) is 49.6 Å². The van der Waals surface area contributed by atoms with E-state index in [9.17, 15) is 18.3 Å². The molecule has 1 heterocycles. The van der Waals surface area contributed by atoms with Crippen molar-refractivity contribution in [3.8, 4) is 0 Å². The minimum atomic E-state index is -3.86. The van der Waals surface area contributed by atoms with E-state index in [1.165, 1.54) is 7.11 Å². The molecule has 21 heavy (non-hydrogen) atoms. The number of nitrogens with zero attached hydrogens (tertiary/aromatic N) is 1. The maximum Gasteiger partial charge on any atom is 0.324 e. The van der Waals surface area contributed by atoms with Gasteiger partial charge in [0.1, 0.15) is 6.04 Å². The summed E-state index contributed by atoms with van der Waals surface area (Å²) in [5, 5.41) is 9.73. The van der Waals surface area contributed by atoms with Gasteiger partial charge in [0, 0.05) is 13.0 Å². The van der Waals surface area contributed by atoms with Gasteiger partial charge in [-0.25, -0.2) is 8.42 Å². The van der Waals surface area contributed by atoms with Crippen LogP contribution in [0.3, 0.4) is 0 Å². The predicted molar refractivity (Wildman–Crippen MR) is 76.2 cm³/mol. The standard InChI is InChI=1S/C14H19NO5S/c1-9-4-5-10(2)13(6-9)21(18,19)15-8-11(16)7-12(15)14(17)20-3/h4-6,11-12,16H,7-8H2,1-3H3. The number of carbonyl (C=O) groups excluding carboxylic acids is 1. The van der Waals surface area contributed by atoms with Crippen LogP contribution in [0.2, 0.25) is 0 Å². The highest BCUT2D eigenvalue weighted by Crippen LogP contribution is 2.29. The van der Waals surface area contributed by atoms with Crippen molar-refractivity contribution in [2.45, 2.75) is 37.3 Å². The number of sulfonamides is 1. The van der Waals surface area contributed by atoms with Crippen molar-refractivity contribution in [1.29, 1.82) is 0 Å². The van der Waals surface area contributed by atoms with Crippen LogP contribution >= 0.6 is 0 Å². The van der Waals surface area contributed by atoms with E-state index in [1.54, 1.807) is 26.0 Å². The highest BCUT2D eigenvalue weighted by Gasteiger charge is 2.44. The van der Waals surface area contributed by atoms with Crippen LogP contribution in [-0.2, 0) is 19.6 Å². The first-order valence-corrected chi connectivity index (χ1v) is 8.06. The number of aliphatic hydroxyl groups is 1. The van der Waals surface area contributed by atoms with Crippen LogP contribution in [0.4, 0.5) is 0 Å². The summed E-state index contributed by atoms with van der Waals surface area (Å²) < 4.78 is 31.3. The third-order valence-electron chi connectivity index (χ3n) is 3.64. The summed E-state index contributed by atoms with van der Waals surface area (Å²) >= 11 is 0. The Hall–Kier alpha value is -1.44. The first kappa shape index (κ1) is 15.9. The number of hydrogen-bond donors (Lipinski definition) is 1. The Morgan fingerprint density at radius 3 is 2.67 bits per heavy atom. The van der Waals surface area contributed by atoms with E-state index >= 15 is 0 Å². The second kappa shape index (κ2) is 5.75. The highest BCUT2D eigenvalue weighted by atomic mass is 32.2. The first-order valence-electron chi connectivity index (χ1n) is 6.62. The number of methoxy groups -OCH3 is 1. The summed E-state index contributed by atoms with van der Waals surface area (Å²) in [5.41, 5.74) is 1.42. The number of hydrogen-bond acceptors (Lipinski definition) is 5. The van der Waals surface area contributed by atoms with Gasteiger partial charge in [-0.2, -0.15) is 4.31 Å². The quantitative estimate of drug-likeness (QED) is 0.826. The van der Waals surface area contributed by atoms with Crippen molar-refractivity contribution in [2.75, 3.05) is 13.7 Å². The molecule has 1 aromatic rings. The summed E-state index contributed by atoms with van der Waals surface area (Å²) in [6, 6.07) is 4.14. The number of aliphatic hydroxyl groups excluding tert-OH is 1. The molecule has 0 radical (unpaired) electrons. The average Bonchev–Trinajstić information content (AvgIpc) is 2.83. The summed E-state index contributed by atoms with van der Waals surface area (Å²) in [7, 11) is -2.65. The van der Waals surface area contributed by atoms with Crippen LogP contribution in [0.1, 0.15) is 17.5 Å². The van der Waals surface area contributed by atoms with Crippen molar-refractivity contribution in [1.82, 2.24) is 4.31 Å². The van der Waals surface area contributed by atoms with Crippen molar-refractivity contribution >= 4 is 16.0 Å². The molecule has 0 aromatic heterocycles. The van der Waals surface area contributed by atoms with Crippen LogP contribution in [0.5, 0.6) is 0 Å². The molecule has 0 spiro atoms. The molecule has 0 saturated carbocycles. The maximum atomic E-state index is 12.8. The van der Waals surface area contributed by atoms with Gasteiger partial charge in [0.05, 0.1) is 18.1 Å². The summed E-state index contributed by atoms with van der Waals surface area (Å²) in [5.74, 6) is -0.652. The fourth-order valence-electron chi connectivity index (χ4n) is 2.51. The van der Waals surface area contributed by atoms with E-state index in [1.807, 2.05) is 6.07 Å². The Morgan fingerprint density at radius 1 is 1.38 bits per heavy atom. The Kier molecular flexibility index (Phi) is 4.36. The maximum absolute atomic E-state index is 12.8. The van der Waals surface area contributed by atoms with Gasteiger partial charge in [0.15, 0.2) is 0 Å². The molecule has 1 N–H and O–H groups in total. The molecule has 2 rings (SSSR count). The van der Waals surface area contributed by atoms with Crippen LogP contribution < -0.4 is 0 Å². The second-order valence-corrected chi connectivity index (χ2v) is 7.13. The van der Waals surface area contributed by atoms with Crippen LogP contribution in [0.25, 0.3) is 0 Å². The number of β-amino-alcohol motifs (C(OH)–C–C–N with tert-alkyl or cyclic N) is 1. The summed E-state index contributed by atoms with van der Waals surface area (Å²) in [4.78, 5) is 11.9. The van der Waals surface area contributed by atoms with Gasteiger partial charge in [-0.1, -0.05) is 12.1 Å². The molecule has 1 fully saturated rings. The Labute approximate surface area is 124 Å². The van der Waals surface area contributed by atoms with Crippen LogP contribution in [0, 0.1) is 13.8 Å². The number of rotatable bonds is 3. The average molecular weight is 313 g/mol. The lowest BCUT2D eigenvalue weighted by atomic mass is 10.2. The van der Waals surface area contributed by atoms with Gasteiger partial charge >= 0.3 is 5.97 Å². The third kappa shape index (κ3) is 2.95. The molecule has 1 aromatic carbocycles. The Balaban J connectivity index is 2.47. The highest BCUT2D eigenvalue weighted by molar-refractivity contribution is 7.89. The van der Waals surface area contributed by atoms with Crippen molar-refractivity contribution in [3.05, 3.63) is 29.3 Å². The van der Waals surface area contributed by atoms with Crippen molar-refractivity contribution in [2.24, 2.45) is 0 Å². The third-order valence-corrected chi connectivity index (χ3v) is 5.65. The SMILES string of the molecule is COC(=O)C1CC(O)CN1S(=O)(=O)c1cc(C)ccc1C. The van der Waals surface area contributed by atoms with Gasteiger partial charge in [-0.3, -0.25) is 4.79 Å². The summed E-state index contributed by atoms with van der Waals surface area (Å²) in [6.07, 6.45) is -0.814. The number of carbonyl (C=O) groups is 1. The van der Waals surface area contributed by atoms with Crippen LogP contribution in [0.15, 0.2) is 23.1 Å². The molecular weight excluding hydrogens is 294 g/mol. The van der Waals surface area contributed by atoms with Gasteiger partial charge in [-0.05, 0) is 31.0 Å². The lowest BCUT2D eigenvalue weighted by Crippen LogP contribution is -2.41. The molecule has 0 aliphatic carbocycles. The number of benzene rings is 1. The van der Waals surface area contributed by atoms with Gasteiger partial charge in [0.2, 0.25) is 10.0 Å². The van der Waals surface area contributed by atoms with E-state index in [2.05, 4.69) is 4.74 Å². The molecular formula is C14H19NO5S. The fourth-order valence-corrected chi connectivity index (χ4v) is 4.45. The first-order chi connectivity index (χ1) is 9.77. The molecule has 0 bridgehead atoms. The molecule has 6 nitrogen and oxygen atoms in total. The van der Waals surface area contributed by atoms with Crippen molar-refractivity contribution < 1.29 is 23.1 Å². The monoisotopic (exact) mass is 313 g/mol. The Bertz CT molecular complexity index is 655. The normalized spacial score (nSPS) is 23.2. The zero-order chi connectivity index (χ0) is 15.8. The van der Waals surface area contributed by atoms with E-state index in [4.69, 9.17) is 0 Å². The number of aryl methyl sites for hydroxylation is 2. The topological polar surface area (TPSA) is 83.9 Å². The molecule has 116 valence electrons. The molecule has 0 amide bonds. The fraction of sp³-hybridized carbons (Fsp3) is 0.500. The van der Waals surface area contributed by atoms with E-state index < -0.39 is 28.1 Å². The van der Waals surface area contributed by atoms with Gasteiger partial charge < -0.3 is 9.84 Å². The van der Waals surface area contributed by atoms with Gasteiger partial charge in [-0.15, -0.1) is 0 Å². The lowest BCUT2D eigenvalue weighted by Gasteiger charge is -2.23. The molecule has 2 atom stereocenters. The van der Waals surface area contributed by atoms with Gasteiger partial charge in [0.25, 0.3) is 0 Å². The predicted octanol–water partition coefficient (Wildman–Crippen LogP) is 0.600. The van der Waals surface area contributed by atoms with E-state index in [0.717, 1.165) is 9.87 Å². The molecule has 1 aliphatic heterocycles. The zero-order valence-corrected chi connectivity index (χ0v) is 13.1. The largest absolute Gasteiger partial charge is 0.468 e. The lowest BCUT2D eigenvalue weighted by molar-refractivity contribution is -0.144. The number of ether oxygens (including phenoxy) is 1. The zero-order valence-electron chi connectivity index (χ0n) is 12.2. The molecule has 7 heteroatoms. The van der Waals surface area contributed by atoms with E-state index in [0.29, 0.717) is 5.56 Å². The summed E-state index contributed by atoms with van der Waals surface area (Å²) in [6.45, 7) is 3.40. The minimum absolute atomic E-state index is 0.0523. The molecule has 1 aliphatic rings. The number of esters is 1. The van der Waals surface area contributed by atoms with E-state index in [-0.39, 0.29) is 17.9 Å². The Morgan fingerprint density at radius 2 is 2.05 bits per heavy atom. The molecule has 2 unspecified atom stereocenters. The molecule has 1 saturated heterocycles. The second-order valence-electron chi connectivity index (χ2n) is 5.27. The minimum Gasteiger partial charge on any atom is -0.468 e.